The van der Waals surface area contributed by atoms with E-state index in [4.69, 9.17) is 11.6 Å². The van der Waals surface area contributed by atoms with Gasteiger partial charge in [0.15, 0.2) is 0 Å². The van der Waals surface area contributed by atoms with Gasteiger partial charge in [-0.2, -0.15) is 5.10 Å². The van der Waals surface area contributed by atoms with Gasteiger partial charge in [0.1, 0.15) is 5.82 Å². The van der Waals surface area contributed by atoms with Crippen molar-refractivity contribution in [1.29, 1.82) is 0 Å². The Balaban J connectivity index is 2.86. The highest BCUT2D eigenvalue weighted by Crippen LogP contribution is 2.15. The van der Waals surface area contributed by atoms with Crippen LogP contribution in [0.5, 0.6) is 0 Å². The van der Waals surface area contributed by atoms with Crippen LogP contribution < -0.4 is 0 Å². The normalized spacial score (nSPS) is 10.7. The Kier molecular flexibility index (Phi) is 1.32. The fourth-order valence-corrected chi connectivity index (χ4v) is 1.06. The summed E-state index contributed by atoms with van der Waals surface area (Å²) in [7, 11) is 0. The van der Waals surface area contributed by atoms with Crippen LogP contribution in [0.1, 0.15) is 0 Å². The summed E-state index contributed by atoms with van der Waals surface area (Å²) in [6.45, 7) is 0. The quantitative estimate of drug-likeness (QED) is 0.592. The minimum absolute atomic E-state index is 0.0844. The smallest absolute Gasteiger partial charge is 0.145 e. The lowest BCUT2D eigenvalue weighted by atomic mass is 10.4. The molecular weight excluding hydrogens is 167 g/mol. The fraction of sp³-hybridized carbons (Fsp3) is 0. The van der Waals surface area contributed by atoms with Gasteiger partial charge in [0, 0.05) is 12.3 Å². The zero-order valence-corrected chi connectivity index (χ0v) is 6.22. The largest absolute Gasteiger partial charge is 0.239 e. The number of pyridine rings is 1. The predicted octanol–water partition coefficient (Wildman–Crippen LogP) is 2.13. The molecule has 0 aliphatic rings. The first kappa shape index (κ1) is 6.61. The maximum absolute atomic E-state index is 12.8. The number of hydrogen-bond donors (Lipinski definition) is 0. The molecule has 0 atom stereocenters. The van der Waals surface area contributed by atoms with E-state index in [0.717, 1.165) is 0 Å². The molecule has 0 saturated carbocycles. The van der Waals surface area contributed by atoms with E-state index < -0.39 is 5.82 Å². The van der Waals surface area contributed by atoms with Crippen molar-refractivity contribution in [2.24, 2.45) is 0 Å². The van der Waals surface area contributed by atoms with E-state index in [1.807, 2.05) is 0 Å². The van der Waals surface area contributed by atoms with Gasteiger partial charge in [-0.25, -0.2) is 8.91 Å². The van der Waals surface area contributed by atoms with Crippen molar-refractivity contribution in [2.45, 2.75) is 0 Å². The van der Waals surface area contributed by atoms with Crippen molar-refractivity contribution in [3.8, 4) is 0 Å². The van der Waals surface area contributed by atoms with E-state index in [9.17, 15) is 4.39 Å². The summed E-state index contributed by atoms with van der Waals surface area (Å²) in [4.78, 5) is 0. The lowest BCUT2D eigenvalue weighted by Gasteiger charge is -1.94. The Morgan fingerprint density at radius 2 is 2.36 bits per heavy atom. The maximum atomic E-state index is 12.8. The van der Waals surface area contributed by atoms with Crippen LogP contribution in [-0.4, -0.2) is 9.61 Å². The van der Waals surface area contributed by atoms with Crippen molar-refractivity contribution in [1.82, 2.24) is 9.61 Å². The molecule has 0 saturated heterocycles. The van der Waals surface area contributed by atoms with Gasteiger partial charge in [-0.05, 0) is 6.07 Å². The van der Waals surface area contributed by atoms with Crippen LogP contribution in [0.2, 0.25) is 5.02 Å². The van der Waals surface area contributed by atoms with Gasteiger partial charge in [-0.1, -0.05) is 11.6 Å². The van der Waals surface area contributed by atoms with Crippen LogP contribution in [0.3, 0.4) is 0 Å². The molecular formula is C7H4ClFN2. The highest BCUT2D eigenvalue weighted by atomic mass is 35.5. The third-order valence-electron chi connectivity index (χ3n) is 1.44. The zero-order valence-electron chi connectivity index (χ0n) is 5.46. The zero-order chi connectivity index (χ0) is 7.84. The molecule has 11 heavy (non-hydrogen) atoms. The predicted molar refractivity (Wildman–Crippen MR) is 40.2 cm³/mol. The molecule has 2 aromatic heterocycles. The number of hydrogen-bond acceptors (Lipinski definition) is 1. The molecule has 56 valence electrons. The minimum Gasteiger partial charge on any atom is -0.239 e. The Hall–Kier alpha value is -1.09. The molecule has 0 amide bonds. The molecule has 0 aliphatic heterocycles. The molecule has 0 unspecified atom stereocenters. The highest BCUT2D eigenvalue weighted by molar-refractivity contribution is 6.30. The lowest BCUT2D eigenvalue weighted by Crippen LogP contribution is -1.87. The summed E-state index contributed by atoms with van der Waals surface area (Å²) in [6.07, 6.45) is 3.03. The van der Waals surface area contributed by atoms with Crippen molar-refractivity contribution in [3.63, 3.8) is 0 Å². The molecule has 0 fully saturated rings. The van der Waals surface area contributed by atoms with Gasteiger partial charge in [-0.15, -0.1) is 0 Å². The first-order chi connectivity index (χ1) is 5.27. The summed E-state index contributed by atoms with van der Waals surface area (Å²) < 4.78 is 14.3. The molecule has 2 heterocycles. The molecule has 0 bridgehead atoms. The Morgan fingerprint density at radius 3 is 3.18 bits per heavy atom. The van der Waals surface area contributed by atoms with Crippen LogP contribution in [0, 0.1) is 5.82 Å². The van der Waals surface area contributed by atoms with Crippen LogP contribution in [0.25, 0.3) is 5.52 Å². The van der Waals surface area contributed by atoms with Crippen LogP contribution in [0.4, 0.5) is 4.39 Å². The number of aromatic nitrogens is 2. The summed E-state index contributed by atoms with van der Waals surface area (Å²) in [6, 6.07) is 3.05. The monoisotopic (exact) mass is 170 g/mol. The molecule has 0 spiro atoms. The average molecular weight is 171 g/mol. The second-order valence-corrected chi connectivity index (χ2v) is 2.58. The van der Waals surface area contributed by atoms with Gasteiger partial charge in [0.05, 0.1) is 16.7 Å². The number of fused-ring (bicyclic) bond motifs is 1. The van der Waals surface area contributed by atoms with E-state index in [1.165, 1.54) is 16.8 Å². The highest BCUT2D eigenvalue weighted by Gasteiger charge is 2.01. The third kappa shape index (κ3) is 0.973. The SMILES string of the molecule is Fc1cc2ccnn2cc1Cl. The Morgan fingerprint density at radius 1 is 1.55 bits per heavy atom. The van der Waals surface area contributed by atoms with Gasteiger partial charge < -0.3 is 0 Å². The van der Waals surface area contributed by atoms with Crippen LogP contribution >= 0.6 is 11.6 Å². The number of rotatable bonds is 0. The van der Waals surface area contributed by atoms with Crippen molar-refractivity contribution in [3.05, 3.63) is 35.4 Å². The van der Waals surface area contributed by atoms with E-state index in [-0.39, 0.29) is 5.02 Å². The third-order valence-corrected chi connectivity index (χ3v) is 1.72. The Bertz CT molecular complexity index is 360. The average Bonchev–Trinajstić information content (AvgIpc) is 2.36. The molecule has 4 heteroatoms. The molecule has 0 radical (unpaired) electrons. The van der Waals surface area contributed by atoms with Gasteiger partial charge in [0.2, 0.25) is 0 Å². The summed E-state index contributed by atoms with van der Waals surface area (Å²) in [5.41, 5.74) is 0.701. The fourth-order valence-electron chi connectivity index (χ4n) is 0.914. The summed E-state index contributed by atoms with van der Waals surface area (Å²) >= 11 is 5.51. The first-order valence-electron chi connectivity index (χ1n) is 3.06. The molecule has 2 nitrogen and oxygen atoms in total. The van der Waals surface area contributed by atoms with Crippen molar-refractivity contribution in [2.75, 3.05) is 0 Å². The second kappa shape index (κ2) is 2.20. The molecule has 2 aromatic rings. The molecule has 0 N–H and O–H groups in total. The summed E-state index contributed by atoms with van der Waals surface area (Å²) in [5.74, 6) is -0.417. The molecule has 0 aromatic carbocycles. The summed E-state index contributed by atoms with van der Waals surface area (Å²) in [5, 5.41) is 3.97. The van der Waals surface area contributed by atoms with E-state index in [0.29, 0.717) is 5.52 Å². The number of halogens is 2. The van der Waals surface area contributed by atoms with E-state index in [2.05, 4.69) is 5.10 Å². The minimum atomic E-state index is -0.417. The van der Waals surface area contributed by atoms with Crippen LogP contribution in [-0.2, 0) is 0 Å². The van der Waals surface area contributed by atoms with Crippen LogP contribution in [0.15, 0.2) is 24.5 Å². The standard InChI is InChI=1S/C7H4ClFN2/c8-6-4-11-5(1-2-10-11)3-7(6)9/h1-4H. The second-order valence-electron chi connectivity index (χ2n) is 2.17. The topological polar surface area (TPSA) is 17.3 Å². The maximum Gasteiger partial charge on any atom is 0.145 e. The molecule has 2 rings (SSSR count). The number of nitrogens with zero attached hydrogens (tertiary/aromatic N) is 2. The van der Waals surface area contributed by atoms with Gasteiger partial charge in [-0.3, -0.25) is 0 Å². The van der Waals surface area contributed by atoms with E-state index >= 15 is 0 Å². The molecule has 0 aliphatic carbocycles. The van der Waals surface area contributed by atoms with Gasteiger partial charge in [0.25, 0.3) is 0 Å². The lowest BCUT2D eigenvalue weighted by molar-refractivity contribution is 0.626. The van der Waals surface area contributed by atoms with Gasteiger partial charge >= 0.3 is 0 Å². The first-order valence-corrected chi connectivity index (χ1v) is 3.43. The van der Waals surface area contributed by atoms with Crippen molar-refractivity contribution >= 4 is 17.1 Å². The van der Waals surface area contributed by atoms with E-state index in [1.54, 1.807) is 12.3 Å². The Labute approximate surface area is 67.2 Å². The van der Waals surface area contributed by atoms with Crippen molar-refractivity contribution < 1.29 is 4.39 Å².